The van der Waals surface area contributed by atoms with E-state index in [1.165, 1.54) is 24.0 Å². The quantitative estimate of drug-likeness (QED) is 0.895. The SMILES string of the molecule is NC(=O)c1cc(N)cnc1Sc1ccc2c(c1)OCCO2. The predicted octanol–water partition coefficient (Wildman–Crippen LogP) is 1.69. The number of carbonyl (C=O) groups is 1. The van der Waals surface area contributed by atoms with Crippen LogP contribution in [0.25, 0.3) is 0 Å². The van der Waals surface area contributed by atoms with E-state index in [9.17, 15) is 4.79 Å². The van der Waals surface area contributed by atoms with Gasteiger partial charge in [-0.2, -0.15) is 0 Å². The Morgan fingerprint density at radius 2 is 1.95 bits per heavy atom. The number of aromatic nitrogens is 1. The van der Waals surface area contributed by atoms with Crippen LogP contribution in [0, 0.1) is 0 Å². The van der Waals surface area contributed by atoms with E-state index in [2.05, 4.69) is 4.98 Å². The Morgan fingerprint density at radius 3 is 2.71 bits per heavy atom. The minimum atomic E-state index is -0.560. The third-order valence-electron chi connectivity index (χ3n) is 2.87. The second-order valence-corrected chi connectivity index (χ2v) is 5.46. The number of nitrogens with two attached hydrogens (primary N) is 2. The van der Waals surface area contributed by atoms with Crippen molar-refractivity contribution in [2.45, 2.75) is 9.92 Å². The molecule has 3 rings (SSSR count). The van der Waals surface area contributed by atoms with Crippen LogP contribution in [0.15, 0.2) is 40.4 Å². The molecule has 1 aliphatic heterocycles. The lowest BCUT2D eigenvalue weighted by molar-refractivity contribution is 0.0997. The van der Waals surface area contributed by atoms with Crippen LogP contribution in [-0.4, -0.2) is 24.1 Å². The van der Waals surface area contributed by atoms with Crippen molar-refractivity contribution in [3.63, 3.8) is 0 Å². The first-order chi connectivity index (χ1) is 10.1. The molecule has 7 heteroatoms. The lowest BCUT2D eigenvalue weighted by atomic mass is 10.2. The molecule has 0 bridgehead atoms. The summed E-state index contributed by atoms with van der Waals surface area (Å²) >= 11 is 1.32. The first-order valence-corrected chi connectivity index (χ1v) is 7.08. The fraction of sp³-hybridized carbons (Fsp3) is 0.143. The lowest BCUT2D eigenvalue weighted by Gasteiger charge is -2.18. The highest BCUT2D eigenvalue weighted by molar-refractivity contribution is 7.99. The molecule has 108 valence electrons. The van der Waals surface area contributed by atoms with Crippen LogP contribution in [0.3, 0.4) is 0 Å². The van der Waals surface area contributed by atoms with Gasteiger partial charge in [0.15, 0.2) is 11.5 Å². The smallest absolute Gasteiger partial charge is 0.251 e. The monoisotopic (exact) mass is 303 g/mol. The average molecular weight is 303 g/mol. The summed E-state index contributed by atoms with van der Waals surface area (Å²) < 4.78 is 11.0. The summed E-state index contributed by atoms with van der Waals surface area (Å²) in [7, 11) is 0. The molecule has 2 heterocycles. The highest BCUT2D eigenvalue weighted by atomic mass is 32.2. The molecule has 1 aromatic heterocycles. The van der Waals surface area contributed by atoms with Gasteiger partial charge in [0.2, 0.25) is 0 Å². The molecular weight excluding hydrogens is 290 g/mol. The molecule has 0 saturated carbocycles. The molecule has 0 fully saturated rings. The number of fused-ring (bicyclic) bond motifs is 1. The number of anilines is 1. The van der Waals surface area contributed by atoms with Crippen molar-refractivity contribution in [1.29, 1.82) is 0 Å². The maximum atomic E-state index is 11.5. The summed E-state index contributed by atoms with van der Waals surface area (Å²) in [5, 5.41) is 0.508. The molecule has 1 aliphatic rings. The molecule has 0 spiro atoms. The van der Waals surface area contributed by atoms with Crippen molar-refractivity contribution in [2.75, 3.05) is 18.9 Å². The summed E-state index contributed by atoms with van der Waals surface area (Å²) in [6.45, 7) is 1.07. The van der Waals surface area contributed by atoms with Gasteiger partial charge in [-0.25, -0.2) is 4.98 Å². The van der Waals surface area contributed by atoms with Crippen LogP contribution < -0.4 is 20.9 Å². The number of primary amides is 1. The largest absolute Gasteiger partial charge is 0.486 e. The van der Waals surface area contributed by atoms with Crippen molar-refractivity contribution in [3.8, 4) is 11.5 Å². The molecule has 0 unspecified atom stereocenters. The first-order valence-electron chi connectivity index (χ1n) is 6.26. The van der Waals surface area contributed by atoms with Crippen LogP contribution in [0.2, 0.25) is 0 Å². The molecule has 0 radical (unpaired) electrons. The topological polar surface area (TPSA) is 100 Å². The Kier molecular flexibility index (Phi) is 3.57. The van der Waals surface area contributed by atoms with Gasteiger partial charge in [-0.3, -0.25) is 4.79 Å². The van der Waals surface area contributed by atoms with Gasteiger partial charge in [0.1, 0.15) is 18.2 Å². The fourth-order valence-electron chi connectivity index (χ4n) is 1.93. The molecule has 2 aromatic rings. The Hall–Kier alpha value is -2.41. The van der Waals surface area contributed by atoms with E-state index < -0.39 is 5.91 Å². The molecule has 0 aliphatic carbocycles. The Bertz CT molecular complexity index is 706. The number of amides is 1. The number of hydrogen-bond donors (Lipinski definition) is 2. The third-order valence-corrected chi connectivity index (χ3v) is 3.87. The van der Waals surface area contributed by atoms with Crippen LogP contribution in [0.1, 0.15) is 10.4 Å². The van der Waals surface area contributed by atoms with Crippen LogP contribution in [0.4, 0.5) is 5.69 Å². The van der Waals surface area contributed by atoms with Gasteiger partial charge in [0, 0.05) is 4.90 Å². The molecule has 1 amide bonds. The summed E-state index contributed by atoms with van der Waals surface area (Å²) in [5.74, 6) is 0.836. The highest BCUT2D eigenvalue weighted by Gasteiger charge is 2.15. The van der Waals surface area contributed by atoms with Crippen molar-refractivity contribution < 1.29 is 14.3 Å². The number of rotatable bonds is 3. The van der Waals surface area contributed by atoms with Gasteiger partial charge >= 0.3 is 0 Å². The molecule has 0 atom stereocenters. The zero-order valence-electron chi connectivity index (χ0n) is 11.0. The minimum absolute atomic E-state index is 0.301. The number of nitrogen functional groups attached to an aromatic ring is 1. The van der Waals surface area contributed by atoms with Crippen molar-refractivity contribution in [3.05, 3.63) is 36.0 Å². The van der Waals surface area contributed by atoms with Crippen LogP contribution >= 0.6 is 11.8 Å². The second kappa shape index (κ2) is 5.53. The number of hydrogen-bond acceptors (Lipinski definition) is 6. The van der Waals surface area contributed by atoms with Gasteiger partial charge < -0.3 is 20.9 Å². The molecule has 1 aromatic carbocycles. The Labute approximate surface area is 125 Å². The minimum Gasteiger partial charge on any atom is -0.486 e. The highest BCUT2D eigenvalue weighted by Crippen LogP contribution is 2.37. The zero-order valence-corrected chi connectivity index (χ0v) is 11.9. The average Bonchev–Trinajstić information content (AvgIpc) is 2.49. The number of pyridine rings is 1. The maximum Gasteiger partial charge on any atom is 0.251 e. The van der Waals surface area contributed by atoms with E-state index in [1.807, 2.05) is 18.2 Å². The standard InChI is InChI=1S/C14H13N3O3S/c15-8-5-10(13(16)18)14(17-7-8)21-9-1-2-11-12(6-9)20-4-3-19-11/h1-2,5-7H,3-4,15H2,(H2,16,18). The third kappa shape index (κ3) is 2.87. The van der Waals surface area contributed by atoms with Crippen molar-refractivity contribution >= 4 is 23.4 Å². The maximum absolute atomic E-state index is 11.5. The van der Waals surface area contributed by atoms with Crippen molar-refractivity contribution in [2.24, 2.45) is 5.73 Å². The summed E-state index contributed by atoms with van der Waals surface area (Å²) in [4.78, 5) is 16.5. The van der Waals surface area contributed by atoms with Gasteiger partial charge in [0.25, 0.3) is 5.91 Å². The van der Waals surface area contributed by atoms with Gasteiger partial charge in [0.05, 0.1) is 17.4 Å². The van der Waals surface area contributed by atoms with Crippen LogP contribution in [0.5, 0.6) is 11.5 Å². The van der Waals surface area contributed by atoms with Gasteiger partial charge in [-0.1, -0.05) is 11.8 Å². The molecular formula is C14H13N3O3S. The summed E-state index contributed by atoms with van der Waals surface area (Å²) in [6, 6.07) is 7.08. The zero-order chi connectivity index (χ0) is 14.8. The lowest BCUT2D eigenvalue weighted by Crippen LogP contribution is -2.15. The number of benzene rings is 1. The number of nitrogens with zero attached hydrogens (tertiary/aromatic N) is 1. The van der Waals surface area contributed by atoms with Gasteiger partial charge in [-0.05, 0) is 24.3 Å². The first kappa shape index (κ1) is 13.6. The van der Waals surface area contributed by atoms with Crippen LogP contribution in [-0.2, 0) is 0 Å². The van der Waals surface area contributed by atoms with E-state index in [0.717, 1.165) is 4.90 Å². The fourth-order valence-corrected chi connectivity index (χ4v) is 2.83. The molecule has 4 N–H and O–H groups in total. The second-order valence-electron chi connectivity index (χ2n) is 4.39. The predicted molar refractivity (Wildman–Crippen MR) is 78.7 cm³/mol. The van der Waals surface area contributed by atoms with Crippen molar-refractivity contribution in [1.82, 2.24) is 4.98 Å². The number of carbonyl (C=O) groups excluding carboxylic acids is 1. The summed E-state index contributed by atoms with van der Waals surface area (Å²) in [6.07, 6.45) is 1.49. The van der Waals surface area contributed by atoms with E-state index in [1.54, 1.807) is 0 Å². The molecule has 6 nitrogen and oxygen atoms in total. The molecule has 0 saturated heterocycles. The summed E-state index contributed by atoms with van der Waals surface area (Å²) in [5.41, 5.74) is 11.7. The molecule has 21 heavy (non-hydrogen) atoms. The Balaban J connectivity index is 1.92. The number of ether oxygens (including phenoxy) is 2. The van der Waals surface area contributed by atoms with E-state index >= 15 is 0 Å². The Morgan fingerprint density at radius 1 is 1.19 bits per heavy atom. The van der Waals surface area contributed by atoms with E-state index in [4.69, 9.17) is 20.9 Å². The van der Waals surface area contributed by atoms with E-state index in [-0.39, 0.29) is 0 Å². The van der Waals surface area contributed by atoms with E-state index in [0.29, 0.717) is 41.0 Å². The van der Waals surface area contributed by atoms with Gasteiger partial charge in [-0.15, -0.1) is 0 Å². The normalized spacial score (nSPS) is 13.0.